The minimum absolute atomic E-state index is 0.0305. The van der Waals surface area contributed by atoms with Crippen molar-refractivity contribution in [3.8, 4) is 0 Å². The highest BCUT2D eigenvalue weighted by atomic mass is 127. The number of unbranched alkanes of at least 4 members (excludes halogenated alkanes) is 2. The van der Waals surface area contributed by atoms with Crippen molar-refractivity contribution < 1.29 is 82.6 Å². The first-order chi connectivity index (χ1) is 41.1. The number of halogens is 1. The number of likely N-dealkylation sites (N-methyl/N-ethyl adjacent to an activating group) is 2. The lowest BCUT2D eigenvalue weighted by atomic mass is 9.89. The summed E-state index contributed by atoms with van der Waals surface area (Å²) in [5.41, 5.74) is 5.74. The molecule has 0 aliphatic carbocycles. The largest absolute Gasteiger partial charge is 0.481 e. The fourth-order valence-electron chi connectivity index (χ4n) is 11.1. The van der Waals surface area contributed by atoms with Crippen LogP contribution < -0.4 is 37.6 Å². The zero-order valence-corrected chi connectivity index (χ0v) is 57.3. The van der Waals surface area contributed by atoms with Crippen LogP contribution in [0.1, 0.15) is 153 Å². The molecule has 88 heavy (non-hydrogen) atoms. The van der Waals surface area contributed by atoms with E-state index in [1.165, 1.54) is 28.1 Å². The normalized spacial score (nSPS) is 18.9. The number of hydrogen-bond acceptors (Lipinski definition) is 17. The number of carboxylic acids is 3. The van der Waals surface area contributed by atoms with Crippen LogP contribution in [0.4, 0.5) is 0 Å². The fourth-order valence-corrected chi connectivity index (χ4v) is 13.8. The molecule has 16 atom stereocenters. The van der Waals surface area contributed by atoms with E-state index in [2.05, 4.69) is 61.4 Å². The molecule has 5 unspecified atom stereocenters. The minimum Gasteiger partial charge on any atom is -0.481 e. The van der Waals surface area contributed by atoms with Crippen LogP contribution in [0.2, 0.25) is 0 Å². The van der Waals surface area contributed by atoms with E-state index in [4.69, 9.17) is 15.2 Å². The van der Waals surface area contributed by atoms with Crippen molar-refractivity contribution >= 4 is 99.5 Å². The first-order valence-corrected chi connectivity index (χ1v) is 32.5. The molecule has 1 fully saturated rings. The van der Waals surface area contributed by atoms with Gasteiger partial charge >= 0.3 is 17.9 Å². The Hall–Kier alpha value is -4.95. The van der Waals surface area contributed by atoms with Crippen molar-refractivity contribution in [1.29, 1.82) is 0 Å². The van der Waals surface area contributed by atoms with Crippen LogP contribution in [0.5, 0.6) is 0 Å². The second-order valence-electron chi connectivity index (χ2n) is 23.9. The molecule has 1 heterocycles. The molecule has 12 N–H and O–H groups in total. The van der Waals surface area contributed by atoms with Gasteiger partial charge in [0, 0.05) is 53.7 Å². The van der Waals surface area contributed by atoms with Gasteiger partial charge in [0.2, 0.25) is 47.3 Å². The minimum atomic E-state index is -1.91. The Morgan fingerprint density at radius 1 is 0.727 bits per heavy atom. The average Bonchev–Trinajstić information content (AvgIpc) is 4.15. The molecule has 1 aliphatic rings. The maximum atomic E-state index is 14.6. The van der Waals surface area contributed by atoms with Crippen LogP contribution >= 0.6 is 34.4 Å². The number of methoxy groups -OCH3 is 2. The molecule has 0 bridgehead atoms. The first kappa shape index (κ1) is 81.1. The zero-order chi connectivity index (χ0) is 67.5. The van der Waals surface area contributed by atoms with Crippen molar-refractivity contribution in [1.82, 2.24) is 46.6 Å². The quantitative estimate of drug-likeness (QED) is 0.0236. The lowest BCUT2D eigenvalue weighted by Crippen LogP contribution is -2.60. The predicted octanol–water partition coefficient (Wildman–Crippen LogP) is 2.07. The van der Waals surface area contributed by atoms with E-state index in [0.29, 0.717) is 25.7 Å². The van der Waals surface area contributed by atoms with Crippen molar-refractivity contribution in [3.63, 3.8) is 0 Å². The monoisotopic (exact) mass is 1380 g/mol. The molecule has 506 valence electrons. The number of ether oxygens (including phenoxy) is 2. The van der Waals surface area contributed by atoms with Crippen LogP contribution in [0, 0.1) is 23.7 Å². The summed E-state index contributed by atoms with van der Waals surface area (Å²) in [4.78, 5) is 152. The number of carbonyl (C=O) groups is 11. The predicted molar refractivity (Wildman–Crippen MR) is 341 cm³/mol. The molecular weight excluding hydrogens is 1280 g/mol. The smallest absolute Gasteiger partial charge is 0.328 e. The molecule has 8 amide bonds. The lowest BCUT2D eigenvalue weighted by molar-refractivity contribution is -0.148. The molecule has 29 heteroatoms. The molecule has 0 spiro atoms. The number of amides is 8. The van der Waals surface area contributed by atoms with Gasteiger partial charge in [-0.05, 0) is 77.8 Å². The summed E-state index contributed by atoms with van der Waals surface area (Å²) in [6, 6.07) is -9.56. The number of aliphatic hydroxyl groups is 1. The Morgan fingerprint density at radius 3 is 1.84 bits per heavy atom. The number of rotatable bonds is 43. The highest BCUT2D eigenvalue weighted by molar-refractivity contribution is 14.1. The zero-order valence-electron chi connectivity index (χ0n) is 54.4. The number of carboxylic acid groups (broad SMARTS) is 3. The van der Waals surface area contributed by atoms with Crippen LogP contribution in [-0.4, -0.2) is 230 Å². The van der Waals surface area contributed by atoms with Gasteiger partial charge in [-0.1, -0.05) is 110 Å². The highest BCUT2D eigenvalue weighted by Gasteiger charge is 2.45. The molecule has 1 rings (SSSR count). The number of hydrogen-bond donors (Lipinski definition) is 11. The highest BCUT2D eigenvalue weighted by Crippen LogP contribution is 2.41. The second-order valence-corrected chi connectivity index (χ2v) is 28.7. The summed E-state index contributed by atoms with van der Waals surface area (Å²) in [6.07, 6.45) is 1.47. The van der Waals surface area contributed by atoms with Crippen molar-refractivity contribution in [2.24, 2.45) is 29.4 Å². The van der Waals surface area contributed by atoms with E-state index in [9.17, 15) is 73.2 Å². The SMILES string of the molecule is CCCCCC(C)[C@@H](C(=O)N[C@H](C(=O)N(C)[C@@H]([C@@H](C)CC)[C@@H](CC(=O)N1CCC[C@H]1C(OC)[C@@H](C)C(=O)N[C@H](C(=O)N[C@@H](CCC(=O)O)C(=O)N[C@@H](CNC(=O)[C@H](CN)NC(=O)CC(SC(C)(I)CCC)C(=O)O)C(=O)O)C(C)O)OC)C(C)C)N(C)C. The Bertz CT molecular complexity index is 2300. The number of nitrogens with two attached hydrogens (primary N) is 1. The third-order valence-electron chi connectivity index (χ3n) is 16.2. The van der Waals surface area contributed by atoms with Crippen LogP contribution in [-0.2, 0) is 62.2 Å². The Kier molecular flexibility index (Phi) is 36.9. The summed E-state index contributed by atoms with van der Waals surface area (Å²) >= 11 is 3.18. The number of likely N-dealkylation sites (tertiary alicyclic amines) is 1. The molecule has 0 aromatic rings. The Balaban J connectivity index is 3.34. The van der Waals surface area contributed by atoms with Gasteiger partial charge in [-0.2, -0.15) is 0 Å². The summed E-state index contributed by atoms with van der Waals surface area (Å²) in [5, 5.41) is 53.7. The third kappa shape index (κ3) is 26.1. The van der Waals surface area contributed by atoms with Gasteiger partial charge in [0.25, 0.3) is 0 Å². The van der Waals surface area contributed by atoms with E-state index < -0.39 is 160 Å². The standard InChI is InChI=1S/C59H105IN10O17S/c1-16-19-20-22-34(7)49(68(11)12)55(80)66-46(32(4)5)56(81)69(13)48(33(6)18-3)41(86-14)28-44(73)70-27-21-23-40(70)50(87-15)35(8)51(76)67-47(36(9)71)54(79)64-37(24-25-45(74)75)53(78)65-39(57(82)83)31-62-52(77)38(30-61)63-43(72)29-42(58(84)85)88-59(10,60)26-17-2/h32-42,46-50,71H,16-31,61H2,1-15H3,(H,62,77)(H,63,72)(H,64,79)(H,65,78)(H,66,80)(H,67,76)(H,74,75)(H,82,83)(H,84,85)/t33-,34?,35+,36?,37-,38-,39-,40-,41+,42?,46-,47-,48-,49-,50?,59?/m0/s1. The number of alkyl halides is 1. The number of nitrogens with one attached hydrogen (secondary N) is 6. The van der Waals surface area contributed by atoms with Gasteiger partial charge in [0.15, 0.2) is 0 Å². The van der Waals surface area contributed by atoms with E-state index in [1.807, 2.05) is 67.5 Å². The molecule has 0 saturated carbocycles. The number of nitrogens with zero attached hydrogens (tertiary/aromatic N) is 3. The van der Waals surface area contributed by atoms with Crippen molar-refractivity contribution in [2.75, 3.05) is 55.0 Å². The summed E-state index contributed by atoms with van der Waals surface area (Å²) in [5.74, 6) is -11.8. The van der Waals surface area contributed by atoms with Crippen LogP contribution in [0.25, 0.3) is 0 Å². The third-order valence-corrected chi connectivity index (χ3v) is 18.8. The molecule has 0 aromatic heterocycles. The average molecular weight is 1390 g/mol. The van der Waals surface area contributed by atoms with Gasteiger partial charge in [-0.15, -0.1) is 11.8 Å². The topological polar surface area (TPSA) is 395 Å². The van der Waals surface area contributed by atoms with Gasteiger partial charge < -0.3 is 77.3 Å². The van der Waals surface area contributed by atoms with Gasteiger partial charge in [0.05, 0.1) is 51.5 Å². The Labute approximate surface area is 537 Å². The van der Waals surface area contributed by atoms with E-state index in [0.717, 1.165) is 43.9 Å². The second kappa shape index (κ2) is 40.0. The Morgan fingerprint density at radius 2 is 1.34 bits per heavy atom. The lowest BCUT2D eigenvalue weighted by Gasteiger charge is -2.41. The summed E-state index contributed by atoms with van der Waals surface area (Å²) < 4.78 is 11.5. The molecular formula is C59H105IN10O17S. The van der Waals surface area contributed by atoms with Crippen molar-refractivity contribution in [2.45, 2.75) is 227 Å². The van der Waals surface area contributed by atoms with Gasteiger partial charge in [-0.3, -0.25) is 52.8 Å². The van der Waals surface area contributed by atoms with Crippen LogP contribution in [0.3, 0.4) is 0 Å². The fraction of sp³-hybridized carbons (Fsp3) is 0.814. The van der Waals surface area contributed by atoms with Crippen LogP contribution in [0.15, 0.2) is 0 Å². The molecule has 1 saturated heterocycles. The number of aliphatic carboxylic acids is 3. The van der Waals surface area contributed by atoms with Gasteiger partial charge in [0.1, 0.15) is 35.5 Å². The molecule has 0 aromatic carbocycles. The summed E-state index contributed by atoms with van der Waals surface area (Å²) in [6.45, 7) is 17.3. The summed E-state index contributed by atoms with van der Waals surface area (Å²) in [7, 11) is 8.18. The number of carbonyl (C=O) groups excluding carboxylic acids is 8. The molecule has 1 aliphatic heterocycles. The maximum Gasteiger partial charge on any atom is 0.328 e. The van der Waals surface area contributed by atoms with E-state index in [1.54, 1.807) is 16.8 Å². The first-order valence-electron chi connectivity index (χ1n) is 30.6. The van der Waals surface area contributed by atoms with Crippen molar-refractivity contribution in [3.05, 3.63) is 0 Å². The van der Waals surface area contributed by atoms with E-state index in [-0.39, 0.29) is 48.4 Å². The number of thioether (sulfide) groups is 1. The molecule has 0 radical (unpaired) electrons. The molecule has 27 nitrogen and oxygen atoms in total. The van der Waals surface area contributed by atoms with Gasteiger partial charge in [-0.25, -0.2) is 4.79 Å². The van der Waals surface area contributed by atoms with E-state index >= 15 is 0 Å². The maximum absolute atomic E-state index is 14.6. The number of aliphatic hydroxyl groups excluding tert-OH is 1.